The van der Waals surface area contributed by atoms with Gasteiger partial charge in [0.25, 0.3) is 5.91 Å². The zero-order chi connectivity index (χ0) is 29.8. The first-order chi connectivity index (χ1) is 20.9. The molecule has 2 fully saturated rings. The SMILES string of the molecule is O=C(O)c1ccc(CCN2C(=O)C(=Cc3cc(-c4ccc5cc[nH]c5c4)ccc3OCCN3CCOCC3)SC2=S)cc1. The molecule has 10 heteroatoms. The van der Waals surface area contributed by atoms with Crippen LogP contribution in [0.25, 0.3) is 28.1 Å². The van der Waals surface area contributed by atoms with Crippen LogP contribution in [0.1, 0.15) is 21.5 Å². The van der Waals surface area contributed by atoms with Gasteiger partial charge in [0, 0.05) is 43.5 Å². The van der Waals surface area contributed by atoms with Crippen molar-refractivity contribution < 1.29 is 24.2 Å². The summed E-state index contributed by atoms with van der Waals surface area (Å²) >= 11 is 6.88. The average molecular weight is 614 g/mol. The number of carboxylic acids is 1. The lowest BCUT2D eigenvalue weighted by molar-refractivity contribution is -0.122. The van der Waals surface area contributed by atoms with E-state index >= 15 is 0 Å². The molecule has 0 spiro atoms. The quantitative estimate of drug-likeness (QED) is 0.174. The molecule has 0 bridgehead atoms. The molecule has 4 aromatic rings. The molecule has 2 N–H and O–H groups in total. The maximum atomic E-state index is 13.5. The summed E-state index contributed by atoms with van der Waals surface area (Å²) in [5.41, 5.74) is 5.12. The zero-order valence-corrected chi connectivity index (χ0v) is 25.1. The molecule has 43 heavy (non-hydrogen) atoms. The van der Waals surface area contributed by atoms with Gasteiger partial charge in [-0.1, -0.05) is 54.3 Å². The minimum atomic E-state index is -0.966. The molecule has 2 aliphatic heterocycles. The normalized spacial score (nSPS) is 16.8. The van der Waals surface area contributed by atoms with Crippen LogP contribution in [-0.4, -0.2) is 82.1 Å². The van der Waals surface area contributed by atoms with Gasteiger partial charge in [-0.3, -0.25) is 14.6 Å². The summed E-state index contributed by atoms with van der Waals surface area (Å²) in [6.45, 7) is 4.99. The van der Waals surface area contributed by atoms with E-state index in [-0.39, 0.29) is 11.5 Å². The van der Waals surface area contributed by atoms with Crippen LogP contribution < -0.4 is 4.74 Å². The Morgan fingerprint density at radius 2 is 1.79 bits per heavy atom. The monoisotopic (exact) mass is 613 g/mol. The second-order valence-electron chi connectivity index (χ2n) is 10.4. The van der Waals surface area contributed by atoms with E-state index in [1.165, 1.54) is 11.8 Å². The average Bonchev–Trinajstić information content (AvgIpc) is 3.60. The standard InChI is InChI=1S/C33H31N3O5S2/c37-31-30(43-33(42)36(31)12-10-22-1-3-24(4-2-22)32(38)39)21-27-19-25(26-6-5-23-9-11-34-28(23)20-26)7-8-29(27)41-18-15-35-13-16-40-17-14-35/h1-9,11,19-21,34H,10,12-18H2,(H,38,39). The van der Waals surface area contributed by atoms with E-state index in [0.717, 1.165) is 66.0 Å². The van der Waals surface area contributed by atoms with Crippen LogP contribution in [0, 0.1) is 0 Å². The maximum Gasteiger partial charge on any atom is 0.335 e. The van der Waals surface area contributed by atoms with Gasteiger partial charge in [0.15, 0.2) is 0 Å². The number of aromatic carboxylic acids is 1. The summed E-state index contributed by atoms with van der Waals surface area (Å²) in [6.07, 6.45) is 4.37. The van der Waals surface area contributed by atoms with Gasteiger partial charge < -0.3 is 19.6 Å². The van der Waals surface area contributed by atoms with Crippen molar-refractivity contribution >= 4 is 57.2 Å². The fourth-order valence-corrected chi connectivity index (χ4v) is 6.50. The number of H-pyrrole nitrogens is 1. The predicted molar refractivity (Wildman–Crippen MR) is 173 cm³/mol. The third-order valence-electron chi connectivity index (χ3n) is 7.65. The van der Waals surface area contributed by atoms with Gasteiger partial charge in [-0.25, -0.2) is 4.79 Å². The number of aromatic nitrogens is 1. The first kappa shape index (κ1) is 29.1. The number of nitrogens with zero attached hydrogens (tertiary/aromatic N) is 2. The molecular weight excluding hydrogens is 583 g/mol. The Kier molecular flexibility index (Phi) is 8.90. The van der Waals surface area contributed by atoms with Crippen molar-refractivity contribution in [1.29, 1.82) is 0 Å². The van der Waals surface area contributed by atoms with E-state index < -0.39 is 5.97 Å². The van der Waals surface area contributed by atoms with Gasteiger partial charge >= 0.3 is 5.97 Å². The fourth-order valence-electron chi connectivity index (χ4n) is 5.20. The van der Waals surface area contributed by atoms with Crippen LogP contribution in [0.15, 0.2) is 77.8 Å². The number of nitrogens with one attached hydrogen (secondary N) is 1. The fraction of sp³-hybridized carbons (Fsp3) is 0.242. The molecule has 0 aliphatic carbocycles. The van der Waals surface area contributed by atoms with E-state index in [1.807, 2.05) is 30.5 Å². The highest BCUT2D eigenvalue weighted by Gasteiger charge is 2.32. The Bertz CT molecular complexity index is 1690. The predicted octanol–water partition coefficient (Wildman–Crippen LogP) is 5.69. The molecule has 0 atom stereocenters. The smallest absolute Gasteiger partial charge is 0.335 e. The van der Waals surface area contributed by atoms with E-state index in [0.29, 0.717) is 34.5 Å². The lowest BCUT2D eigenvalue weighted by Gasteiger charge is -2.26. The molecule has 0 radical (unpaired) electrons. The number of hydrogen-bond acceptors (Lipinski definition) is 7. The minimum Gasteiger partial charge on any atom is -0.492 e. The molecule has 8 nitrogen and oxygen atoms in total. The molecule has 1 aromatic heterocycles. The molecule has 6 rings (SSSR count). The third-order valence-corrected chi connectivity index (χ3v) is 9.03. The number of rotatable bonds is 10. The van der Waals surface area contributed by atoms with Crippen molar-refractivity contribution in [1.82, 2.24) is 14.8 Å². The Hall–Kier alpha value is -3.96. The number of amides is 1. The topological polar surface area (TPSA) is 95.1 Å². The van der Waals surface area contributed by atoms with Gasteiger partial charge in [-0.15, -0.1) is 0 Å². The summed E-state index contributed by atoms with van der Waals surface area (Å²) in [6, 6.07) is 21.1. The van der Waals surface area contributed by atoms with Gasteiger partial charge in [-0.05, 0) is 71.0 Å². The Morgan fingerprint density at radius 3 is 2.58 bits per heavy atom. The number of hydrogen-bond donors (Lipinski definition) is 2. The first-order valence-electron chi connectivity index (χ1n) is 14.2. The van der Waals surface area contributed by atoms with Crippen molar-refractivity contribution in [3.63, 3.8) is 0 Å². The van der Waals surface area contributed by atoms with Gasteiger partial charge in [0.1, 0.15) is 16.7 Å². The summed E-state index contributed by atoms with van der Waals surface area (Å²) in [7, 11) is 0. The summed E-state index contributed by atoms with van der Waals surface area (Å²) in [5, 5.41) is 10.3. The van der Waals surface area contributed by atoms with E-state index in [1.54, 1.807) is 29.2 Å². The van der Waals surface area contributed by atoms with E-state index in [4.69, 9.17) is 26.8 Å². The number of carboxylic acid groups (broad SMARTS) is 1. The van der Waals surface area contributed by atoms with Gasteiger partial charge in [-0.2, -0.15) is 0 Å². The highest BCUT2D eigenvalue weighted by atomic mass is 32.2. The number of thioether (sulfide) groups is 1. The summed E-state index contributed by atoms with van der Waals surface area (Å²) < 4.78 is 12.2. The maximum absolute atomic E-state index is 13.5. The number of fused-ring (bicyclic) bond motifs is 1. The number of thiocarbonyl (C=S) groups is 1. The molecule has 220 valence electrons. The van der Waals surface area contributed by atoms with Crippen LogP contribution in [0.4, 0.5) is 0 Å². The first-order valence-corrected chi connectivity index (χ1v) is 15.4. The van der Waals surface area contributed by atoms with Gasteiger partial charge in [0.2, 0.25) is 0 Å². The zero-order valence-electron chi connectivity index (χ0n) is 23.5. The minimum absolute atomic E-state index is 0.144. The largest absolute Gasteiger partial charge is 0.492 e. The lowest BCUT2D eigenvalue weighted by atomic mass is 10.0. The Labute approximate surface area is 259 Å². The van der Waals surface area contributed by atoms with Crippen LogP contribution in [0.5, 0.6) is 5.75 Å². The molecule has 3 aromatic carbocycles. The Morgan fingerprint density at radius 1 is 1.02 bits per heavy atom. The van der Waals surface area contributed by atoms with Crippen LogP contribution in [0.3, 0.4) is 0 Å². The molecule has 0 unspecified atom stereocenters. The van der Waals surface area contributed by atoms with Crippen LogP contribution in [0.2, 0.25) is 0 Å². The number of carbonyl (C=O) groups is 2. The van der Waals surface area contributed by atoms with Crippen LogP contribution >= 0.6 is 24.0 Å². The van der Waals surface area contributed by atoms with E-state index in [2.05, 4.69) is 34.1 Å². The highest BCUT2D eigenvalue weighted by molar-refractivity contribution is 8.26. The molecular formula is C33H31N3O5S2. The molecule has 3 heterocycles. The second-order valence-corrected chi connectivity index (χ2v) is 12.1. The molecule has 1 amide bonds. The van der Waals surface area contributed by atoms with Crippen molar-refractivity contribution in [3.05, 3.63) is 94.5 Å². The van der Waals surface area contributed by atoms with Crippen molar-refractivity contribution in [2.75, 3.05) is 46.0 Å². The lowest BCUT2D eigenvalue weighted by Crippen LogP contribution is -2.38. The third kappa shape index (κ3) is 6.83. The van der Waals surface area contributed by atoms with Crippen molar-refractivity contribution in [2.45, 2.75) is 6.42 Å². The molecule has 2 saturated heterocycles. The highest BCUT2D eigenvalue weighted by Crippen LogP contribution is 2.36. The van der Waals surface area contributed by atoms with Gasteiger partial charge in [0.05, 0.1) is 23.7 Å². The Balaban J connectivity index is 1.22. The molecule has 2 aliphatic rings. The number of aromatic amines is 1. The van der Waals surface area contributed by atoms with Crippen LogP contribution in [-0.2, 0) is 16.0 Å². The number of morpholine rings is 1. The summed E-state index contributed by atoms with van der Waals surface area (Å²) in [5.74, 6) is -0.400. The number of benzene rings is 3. The molecule has 0 saturated carbocycles. The van der Waals surface area contributed by atoms with Crippen molar-refractivity contribution in [2.24, 2.45) is 0 Å². The number of ether oxygens (including phenoxy) is 2. The second kappa shape index (κ2) is 13.1. The van der Waals surface area contributed by atoms with Crippen molar-refractivity contribution in [3.8, 4) is 16.9 Å². The summed E-state index contributed by atoms with van der Waals surface area (Å²) in [4.78, 5) is 32.4. The number of carbonyl (C=O) groups excluding carboxylic acids is 1. The van der Waals surface area contributed by atoms with E-state index in [9.17, 15) is 9.59 Å².